The molecule has 1 aromatic carbocycles. The molecule has 0 saturated carbocycles. The quantitative estimate of drug-likeness (QED) is 0.784. The molecule has 0 heterocycles. The van der Waals surface area contributed by atoms with Crippen LogP contribution in [0.25, 0.3) is 0 Å². The van der Waals surface area contributed by atoms with Crippen molar-refractivity contribution >= 4 is 39.9 Å². The van der Waals surface area contributed by atoms with Gasteiger partial charge >= 0.3 is 0 Å². The Morgan fingerprint density at radius 3 is 2.74 bits per heavy atom. The van der Waals surface area contributed by atoms with Crippen molar-refractivity contribution in [2.45, 2.75) is 25.5 Å². The summed E-state index contributed by atoms with van der Waals surface area (Å²) < 4.78 is 11.9. The monoisotopic (exact) mass is 321 g/mol. The van der Waals surface area contributed by atoms with Gasteiger partial charge in [0.2, 0.25) is 5.91 Å². The Hall–Kier alpha value is -0.580. The summed E-state index contributed by atoms with van der Waals surface area (Å²) in [4.78, 5) is 11.5. The van der Waals surface area contributed by atoms with Crippen LogP contribution in [0.4, 0.5) is 0 Å². The zero-order chi connectivity index (χ0) is 14.3. The van der Waals surface area contributed by atoms with Crippen molar-refractivity contribution in [3.63, 3.8) is 0 Å². The first-order valence-electron chi connectivity index (χ1n) is 6.08. The molecule has 1 amide bonds. The van der Waals surface area contributed by atoms with Crippen molar-refractivity contribution < 1.29 is 9.00 Å². The van der Waals surface area contributed by atoms with Crippen molar-refractivity contribution in [1.82, 2.24) is 5.32 Å². The maximum atomic E-state index is 11.9. The molecule has 0 aliphatic carbocycles. The maximum absolute atomic E-state index is 11.9. The fourth-order valence-corrected chi connectivity index (χ4v) is 3.11. The lowest BCUT2D eigenvalue weighted by Gasteiger charge is -2.06. The van der Waals surface area contributed by atoms with E-state index in [0.29, 0.717) is 16.6 Å². The van der Waals surface area contributed by atoms with E-state index < -0.39 is 10.8 Å². The summed E-state index contributed by atoms with van der Waals surface area (Å²) in [6.07, 6.45) is 1.95. The summed E-state index contributed by atoms with van der Waals surface area (Å²) >= 11 is 11.8. The van der Waals surface area contributed by atoms with Crippen molar-refractivity contribution in [2.75, 3.05) is 12.3 Å². The molecular weight excluding hydrogens is 305 g/mol. The molecule has 1 unspecified atom stereocenters. The minimum Gasteiger partial charge on any atom is -0.355 e. The number of unbranched alkanes of at least 4 members (excludes halogenated alkanes) is 1. The number of halogens is 2. The second-order valence-electron chi connectivity index (χ2n) is 4.17. The third kappa shape index (κ3) is 6.41. The largest absolute Gasteiger partial charge is 0.355 e. The van der Waals surface area contributed by atoms with Crippen LogP contribution in [0, 0.1) is 0 Å². The van der Waals surface area contributed by atoms with Gasteiger partial charge in [0.1, 0.15) is 5.75 Å². The number of rotatable bonds is 7. The first-order chi connectivity index (χ1) is 9.02. The summed E-state index contributed by atoms with van der Waals surface area (Å²) in [6.45, 7) is 2.68. The van der Waals surface area contributed by atoms with Gasteiger partial charge in [-0.1, -0.05) is 42.6 Å². The molecule has 0 spiro atoms. The average molecular weight is 322 g/mol. The molecule has 0 radical (unpaired) electrons. The molecule has 1 aromatic rings. The molecule has 6 heteroatoms. The lowest BCUT2D eigenvalue weighted by Crippen LogP contribution is -2.29. The van der Waals surface area contributed by atoms with Crippen LogP contribution in [-0.2, 0) is 21.3 Å². The van der Waals surface area contributed by atoms with Gasteiger partial charge in [-0.2, -0.15) is 0 Å². The summed E-state index contributed by atoms with van der Waals surface area (Å²) in [7, 11) is -1.26. The number of hydrogen-bond donors (Lipinski definition) is 1. The number of benzene rings is 1. The number of carbonyl (C=O) groups is 1. The fourth-order valence-electron chi connectivity index (χ4n) is 1.47. The Morgan fingerprint density at radius 1 is 1.37 bits per heavy atom. The van der Waals surface area contributed by atoms with Crippen molar-refractivity contribution in [3.05, 3.63) is 33.8 Å². The van der Waals surface area contributed by atoms with Gasteiger partial charge in [-0.25, -0.2) is 0 Å². The number of amides is 1. The molecule has 0 saturated heterocycles. The van der Waals surface area contributed by atoms with Crippen LogP contribution in [0.15, 0.2) is 18.2 Å². The van der Waals surface area contributed by atoms with Gasteiger partial charge in [0.25, 0.3) is 0 Å². The Bertz CT molecular complexity index is 466. The summed E-state index contributed by atoms with van der Waals surface area (Å²) in [5, 5.41) is 3.76. The van der Waals surface area contributed by atoms with Crippen LogP contribution in [0.2, 0.25) is 10.0 Å². The van der Waals surface area contributed by atoms with E-state index in [2.05, 4.69) is 5.32 Å². The second-order valence-corrected chi connectivity index (χ2v) is 6.47. The topological polar surface area (TPSA) is 46.2 Å². The van der Waals surface area contributed by atoms with Crippen molar-refractivity contribution in [2.24, 2.45) is 0 Å². The molecule has 19 heavy (non-hydrogen) atoms. The average Bonchev–Trinajstić information content (AvgIpc) is 2.33. The predicted octanol–water partition coefficient (Wildman–Crippen LogP) is 3.16. The SMILES string of the molecule is CCCCNC(=O)CS(=O)Cc1ccc(Cl)cc1Cl. The van der Waals surface area contributed by atoms with Gasteiger partial charge in [-0.15, -0.1) is 0 Å². The van der Waals surface area contributed by atoms with E-state index in [9.17, 15) is 9.00 Å². The summed E-state index contributed by atoms with van der Waals surface area (Å²) in [5.41, 5.74) is 0.741. The van der Waals surface area contributed by atoms with Gasteiger partial charge in [0.15, 0.2) is 0 Å². The zero-order valence-corrected chi connectivity index (χ0v) is 13.1. The summed E-state index contributed by atoms with van der Waals surface area (Å²) in [6, 6.07) is 5.04. The first kappa shape index (κ1) is 16.5. The van der Waals surface area contributed by atoms with Gasteiger partial charge < -0.3 is 5.32 Å². The van der Waals surface area contributed by atoms with Gasteiger partial charge in [-0.05, 0) is 24.1 Å². The van der Waals surface area contributed by atoms with Crippen LogP contribution >= 0.6 is 23.2 Å². The van der Waals surface area contributed by atoms with Crippen LogP contribution in [-0.4, -0.2) is 22.4 Å². The van der Waals surface area contributed by atoms with Crippen LogP contribution < -0.4 is 5.32 Å². The lowest BCUT2D eigenvalue weighted by atomic mass is 10.2. The highest BCUT2D eigenvalue weighted by Gasteiger charge is 2.10. The molecule has 0 bridgehead atoms. The first-order valence-corrected chi connectivity index (χ1v) is 8.33. The Balaban J connectivity index is 2.44. The van der Waals surface area contributed by atoms with Crippen LogP contribution in [0.1, 0.15) is 25.3 Å². The Morgan fingerprint density at radius 2 is 2.11 bits per heavy atom. The van der Waals surface area contributed by atoms with Gasteiger partial charge in [0.05, 0.1) is 5.75 Å². The van der Waals surface area contributed by atoms with Crippen molar-refractivity contribution in [1.29, 1.82) is 0 Å². The van der Waals surface area contributed by atoms with Crippen molar-refractivity contribution in [3.8, 4) is 0 Å². The highest BCUT2D eigenvalue weighted by molar-refractivity contribution is 7.84. The smallest absolute Gasteiger partial charge is 0.232 e. The zero-order valence-electron chi connectivity index (χ0n) is 10.7. The molecular formula is C13H17Cl2NO2S. The third-order valence-electron chi connectivity index (χ3n) is 2.48. The highest BCUT2D eigenvalue weighted by atomic mass is 35.5. The van der Waals surface area contributed by atoms with E-state index in [0.717, 1.165) is 18.4 Å². The standard InChI is InChI=1S/C13H17Cl2NO2S/c1-2-3-6-16-13(17)9-19(18)8-10-4-5-11(14)7-12(10)15/h4-5,7H,2-3,6,8-9H2,1H3,(H,16,17). The van der Waals surface area contributed by atoms with E-state index in [1.54, 1.807) is 18.2 Å². The molecule has 0 aromatic heterocycles. The second kappa shape index (κ2) is 8.56. The fraction of sp³-hybridized carbons (Fsp3) is 0.462. The molecule has 0 aliphatic rings. The number of nitrogens with one attached hydrogen (secondary N) is 1. The normalized spacial score (nSPS) is 12.2. The number of hydrogen-bond acceptors (Lipinski definition) is 2. The van der Waals surface area contributed by atoms with Gasteiger partial charge in [-0.3, -0.25) is 9.00 Å². The summed E-state index contributed by atoms with van der Waals surface area (Å²) in [5.74, 6) is 0.0803. The van der Waals surface area contributed by atoms with Crippen LogP contribution in [0.3, 0.4) is 0 Å². The molecule has 1 atom stereocenters. The Labute approximate surface area is 126 Å². The minimum atomic E-state index is -1.26. The number of carbonyl (C=O) groups excluding carboxylic acids is 1. The Kier molecular flexibility index (Phi) is 7.42. The van der Waals surface area contributed by atoms with E-state index in [-0.39, 0.29) is 17.4 Å². The highest BCUT2D eigenvalue weighted by Crippen LogP contribution is 2.22. The molecule has 3 nitrogen and oxygen atoms in total. The molecule has 1 rings (SSSR count). The maximum Gasteiger partial charge on any atom is 0.232 e. The lowest BCUT2D eigenvalue weighted by molar-refractivity contribution is -0.118. The molecule has 1 N–H and O–H groups in total. The molecule has 0 aliphatic heterocycles. The van der Waals surface area contributed by atoms with E-state index in [1.807, 2.05) is 6.92 Å². The molecule has 106 valence electrons. The molecule has 0 fully saturated rings. The minimum absolute atomic E-state index is 0.00265. The van der Waals surface area contributed by atoms with Crippen LogP contribution in [0.5, 0.6) is 0 Å². The third-order valence-corrected chi connectivity index (χ3v) is 4.28. The van der Waals surface area contributed by atoms with Gasteiger partial charge in [0, 0.05) is 27.4 Å². The van der Waals surface area contributed by atoms with E-state index in [4.69, 9.17) is 23.2 Å². The van der Waals surface area contributed by atoms with E-state index >= 15 is 0 Å². The van der Waals surface area contributed by atoms with E-state index in [1.165, 1.54) is 0 Å². The predicted molar refractivity (Wildman–Crippen MR) is 81.1 cm³/mol.